The van der Waals surface area contributed by atoms with Crippen LogP contribution in [0.2, 0.25) is 5.02 Å². The summed E-state index contributed by atoms with van der Waals surface area (Å²) in [6, 6.07) is 17.5. The van der Waals surface area contributed by atoms with Crippen molar-refractivity contribution in [3.63, 3.8) is 0 Å². The first-order chi connectivity index (χ1) is 15.0. The minimum Gasteiger partial charge on any atom is -0.477 e. The van der Waals surface area contributed by atoms with Crippen molar-refractivity contribution in [2.75, 3.05) is 6.73 Å². The molecule has 0 spiro atoms. The standard InChI is InChI=1S/C25H19BrClNO3/c1-15-24-18(13-28(14-30-24)12-16-5-7-20(27)8-6-16)11-21-23(29)22(31-25(15)21)10-17-3-2-4-19(26)9-17/h2-11H,12-14H2,1H3/b22-10-. The number of carbonyl (C=O) groups excluding carboxylic acids is 1. The van der Waals surface area contributed by atoms with Crippen LogP contribution in [0.4, 0.5) is 0 Å². The molecule has 2 aliphatic heterocycles. The highest BCUT2D eigenvalue weighted by atomic mass is 79.9. The van der Waals surface area contributed by atoms with Crippen LogP contribution in [0.1, 0.15) is 32.6 Å². The smallest absolute Gasteiger partial charge is 0.231 e. The number of nitrogens with zero attached hydrogens (tertiary/aromatic N) is 1. The molecule has 5 rings (SSSR count). The van der Waals surface area contributed by atoms with E-state index in [-0.39, 0.29) is 5.78 Å². The predicted octanol–water partition coefficient (Wildman–Crippen LogP) is 6.38. The van der Waals surface area contributed by atoms with Gasteiger partial charge in [0.1, 0.15) is 18.2 Å². The molecule has 0 radical (unpaired) electrons. The van der Waals surface area contributed by atoms with Crippen molar-refractivity contribution in [2.45, 2.75) is 20.0 Å². The number of benzene rings is 3. The van der Waals surface area contributed by atoms with Gasteiger partial charge in [0.25, 0.3) is 0 Å². The Morgan fingerprint density at radius 3 is 2.71 bits per heavy atom. The molecule has 0 atom stereocenters. The molecular weight excluding hydrogens is 478 g/mol. The van der Waals surface area contributed by atoms with E-state index in [1.165, 1.54) is 0 Å². The Morgan fingerprint density at radius 1 is 1.13 bits per heavy atom. The molecule has 0 fully saturated rings. The van der Waals surface area contributed by atoms with Gasteiger partial charge in [0.2, 0.25) is 5.78 Å². The summed E-state index contributed by atoms with van der Waals surface area (Å²) in [6.07, 6.45) is 1.78. The normalized spacial score (nSPS) is 16.6. The maximum atomic E-state index is 13.1. The molecule has 0 aromatic heterocycles. The van der Waals surface area contributed by atoms with Gasteiger partial charge in [-0.3, -0.25) is 9.69 Å². The number of halogens is 2. The average Bonchev–Trinajstić information content (AvgIpc) is 3.06. The Morgan fingerprint density at radius 2 is 1.94 bits per heavy atom. The molecule has 3 aromatic rings. The van der Waals surface area contributed by atoms with Gasteiger partial charge in [-0.2, -0.15) is 0 Å². The van der Waals surface area contributed by atoms with E-state index in [0.29, 0.717) is 30.3 Å². The van der Waals surface area contributed by atoms with Gasteiger partial charge in [0.15, 0.2) is 5.76 Å². The molecule has 2 aliphatic rings. The number of ether oxygens (including phenoxy) is 2. The summed E-state index contributed by atoms with van der Waals surface area (Å²) in [6.45, 7) is 3.86. The molecule has 0 saturated carbocycles. The second kappa shape index (κ2) is 8.15. The van der Waals surface area contributed by atoms with Crippen molar-refractivity contribution in [3.05, 3.63) is 97.7 Å². The summed E-state index contributed by atoms with van der Waals surface area (Å²) in [5, 5.41) is 0.723. The Labute approximate surface area is 194 Å². The minimum atomic E-state index is -0.101. The quantitative estimate of drug-likeness (QED) is 0.395. The van der Waals surface area contributed by atoms with Crippen molar-refractivity contribution < 1.29 is 14.3 Å². The van der Waals surface area contributed by atoms with E-state index in [9.17, 15) is 4.79 Å². The molecule has 156 valence electrons. The fraction of sp³-hybridized carbons (Fsp3) is 0.160. The van der Waals surface area contributed by atoms with E-state index < -0.39 is 0 Å². The van der Waals surface area contributed by atoms with E-state index in [2.05, 4.69) is 20.8 Å². The van der Waals surface area contributed by atoms with Crippen molar-refractivity contribution in [2.24, 2.45) is 0 Å². The van der Waals surface area contributed by atoms with Crippen molar-refractivity contribution in [3.8, 4) is 11.5 Å². The van der Waals surface area contributed by atoms with Crippen LogP contribution >= 0.6 is 27.5 Å². The predicted molar refractivity (Wildman–Crippen MR) is 124 cm³/mol. The maximum Gasteiger partial charge on any atom is 0.231 e. The third-order valence-corrected chi connectivity index (χ3v) is 6.21. The van der Waals surface area contributed by atoms with E-state index >= 15 is 0 Å². The number of ketones is 1. The minimum absolute atomic E-state index is 0.101. The van der Waals surface area contributed by atoms with Crippen LogP contribution in [0.3, 0.4) is 0 Å². The summed E-state index contributed by atoms with van der Waals surface area (Å²) < 4.78 is 13.0. The van der Waals surface area contributed by atoms with Crippen molar-refractivity contribution in [1.82, 2.24) is 4.90 Å². The molecule has 0 saturated heterocycles. The van der Waals surface area contributed by atoms with Gasteiger partial charge in [-0.25, -0.2) is 0 Å². The monoisotopic (exact) mass is 495 g/mol. The van der Waals surface area contributed by atoms with Gasteiger partial charge in [0, 0.05) is 33.7 Å². The van der Waals surface area contributed by atoms with Crippen LogP contribution < -0.4 is 9.47 Å². The second-order valence-corrected chi connectivity index (χ2v) is 9.10. The lowest BCUT2D eigenvalue weighted by molar-refractivity contribution is 0.0876. The zero-order valence-electron chi connectivity index (χ0n) is 16.8. The topological polar surface area (TPSA) is 38.8 Å². The van der Waals surface area contributed by atoms with Crippen LogP contribution in [-0.4, -0.2) is 17.4 Å². The van der Waals surface area contributed by atoms with Gasteiger partial charge in [-0.05, 0) is 54.5 Å². The zero-order valence-corrected chi connectivity index (χ0v) is 19.2. The number of hydrogen-bond acceptors (Lipinski definition) is 4. The molecule has 31 heavy (non-hydrogen) atoms. The number of hydrogen-bond donors (Lipinski definition) is 0. The summed E-state index contributed by atoms with van der Waals surface area (Å²) in [7, 11) is 0. The highest BCUT2D eigenvalue weighted by Gasteiger charge is 2.33. The first kappa shape index (κ1) is 20.3. The lowest BCUT2D eigenvalue weighted by atomic mass is 10.00. The Balaban J connectivity index is 1.42. The molecule has 0 unspecified atom stereocenters. The molecule has 0 N–H and O–H groups in total. The van der Waals surface area contributed by atoms with Crippen LogP contribution in [0.25, 0.3) is 6.08 Å². The van der Waals surface area contributed by atoms with Crippen LogP contribution in [0, 0.1) is 6.92 Å². The van der Waals surface area contributed by atoms with E-state index in [1.54, 1.807) is 6.08 Å². The van der Waals surface area contributed by atoms with Crippen LogP contribution in [0.5, 0.6) is 11.5 Å². The molecule has 2 heterocycles. The lowest BCUT2D eigenvalue weighted by Crippen LogP contribution is -2.32. The Kier molecular flexibility index (Phi) is 5.34. The van der Waals surface area contributed by atoms with E-state index in [1.807, 2.05) is 61.5 Å². The average molecular weight is 497 g/mol. The molecule has 4 nitrogen and oxygen atoms in total. The first-order valence-electron chi connectivity index (χ1n) is 9.94. The molecule has 0 aliphatic carbocycles. The molecule has 3 aromatic carbocycles. The molecule has 0 bridgehead atoms. The number of allylic oxidation sites excluding steroid dienone is 1. The number of carbonyl (C=O) groups is 1. The van der Waals surface area contributed by atoms with E-state index in [4.69, 9.17) is 21.1 Å². The van der Waals surface area contributed by atoms with Gasteiger partial charge in [0.05, 0.1) is 5.56 Å². The van der Waals surface area contributed by atoms with Gasteiger partial charge < -0.3 is 9.47 Å². The van der Waals surface area contributed by atoms with E-state index in [0.717, 1.165) is 44.0 Å². The molecule has 0 amide bonds. The van der Waals surface area contributed by atoms with Crippen molar-refractivity contribution in [1.29, 1.82) is 0 Å². The lowest BCUT2D eigenvalue weighted by Gasteiger charge is -2.30. The third kappa shape index (κ3) is 4.01. The number of fused-ring (bicyclic) bond motifs is 2. The SMILES string of the molecule is Cc1c2c(cc3c1O/C(=C\c1cccc(Br)c1)C3=O)CN(Cc1ccc(Cl)cc1)CO2. The fourth-order valence-corrected chi connectivity index (χ4v) is 4.54. The largest absolute Gasteiger partial charge is 0.477 e. The Hall–Kier alpha value is -2.60. The highest BCUT2D eigenvalue weighted by molar-refractivity contribution is 9.10. The second-order valence-electron chi connectivity index (χ2n) is 7.75. The maximum absolute atomic E-state index is 13.1. The summed E-state index contributed by atoms with van der Waals surface area (Å²) in [4.78, 5) is 15.2. The highest BCUT2D eigenvalue weighted by Crippen LogP contribution is 2.43. The fourth-order valence-electron chi connectivity index (χ4n) is 3.99. The first-order valence-corrected chi connectivity index (χ1v) is 11.1. The van der Waals surface area contributed by atoms with Crippen LogP contribution in [0.15, 0.2) is 64.8 Å². The van der Waals surface area contributed by atoms with Gasteiger partial charge in [-0.1, -0.05) is 51.8 Å². The van der Waals surface area contributed by atoms with Crippen LogP contribution in [-0.2, 0) is 13.1 Å². The molecular formula is C25H19BrClNO3. The van der Waals surface area contributed by atoms with Gasteiger partial charge >= 0.3 is 0 Å². The van der Waals surface area contributed by atoms with Gasteiger partial charge in [-0.15, -0.1) is 0 Å². The van der Waals surface area contributed by atoms with Crippen molar-refractivity contribution >= 4 is 39.4 Å². The molecule has 6 heteroatoms. The summed E-state index contributed by atoms with van der Waals surface area (Å²) >= 11 is 9.45. The number of rotatable bonds is 3. The number of Topliss-reactive ketones (excluding diaryl/α,β-unsaturated/α-hetero) is 1. The summed E-state index contributed by atoms with van der Waals surface area (Å²) in [5.74, 6) is 1.63. The third-order valence-electron chi connectivity index (χ3n) is 5.47. The summed E-state index contributed by atoms with van der Waals surface area (Å²) in [5.41, 5.74) is 4.52. The zero-order chi connectivity index (χ0) is 21.5. The Bertz CT molecular complexity index is 1220.